The molecule has 1 aliphatic heterocycles. The SMILES string of the molecule is CN(C)CC1CN(S(=O)(=O)c2cccc(C#N)c2)c2cc(NC(=O)O)ccc2O1. The molecule has 10 heteroatoms. The van der Waals surface area contributed by atoms with Crippen molar-refractivity contribution in [2.45, 2.75) is 11.0 Å². The average Bonchev–Trinajstić information content (AvgIpc) is 2.66. The third-order valence-corrected chi connectivity index (χ3v) is 6.04. The van der Waals surface area contributed by atoms with Crippen molar-refractivity contribution in [2.75, 3.05) is 36.8 Å². The number of amides is 1. The van der Waals surface area contributed by atoms with Crippen LogP contribution in [0.3, 0.4) is 0 Å². The first-order valence-electron chi connectivity index (χ1n) is 8.69. The Hall–Kier alpha value is -3.29. The molecule has 152 valence electrons. The lowest BCUT2D eigenvalue weighted by Gasteiger charge is -2.36. The van der Waals surface area contributed by atoms with Gasteiger partial charge in [-0.2, -0.15) is 5.26 Å². The number of carboxylic acid groups (broad SMARTS) is 1. The fourth-order valence-electron chi connectivity index (χ4n) is 3.10. The molecule has 0 bridgehead atoms. The van der Waals surface area contributed by atoms with Gasteiger partial charge in [-0.3, -0.25) is 9.62 Å². The third kappa shape index (κ3) is 4.42. The number of nitrogens with zero attached hydrogens (tertiary/aromatic N) is 3. The number of nitrogens with one attached hydrogen (secondary N) is 1. The minimum absolute atomic E-state index is 0.0235. The van der Waals surface area contributed by atoms with Crippen LogP contribution < -0.4 is 14.4 Å². The number of fused-ring (bicyclic) bond motifs is 1. The summed E-state index contributed by atoms with van der Waals surface area (Å²) in [6, 6.07) is 12.2. The molecule has 0 aromatic heterocycles. The van der Waals surface area contributed by atoms with Crippen LogP contribution in [0, 0.1) is 11.3 Å². The highest BCUT2D eigenvalue weighted by molar-refractivity contribution is 7.92. The normalized spacial score (nSPS) is 15.9. The van der Waals surface area contributed by atoms with Crippen molar-refractivity contribution in [1.29, 1.82) is 5.26 Å². The minimum Gasteiger partial charge on any atom is -0.485 e. The van der Waals surface area contributed by atoms with Crippen molar-refractivity contribution in [3.05, 3.63) is 48.0 Å². The minimum atomic E-state index is -4.01. The number of sulfonamides is 1. The van der Waals surface area contributed by atoms with E-state index in [0.29, 0.717) is 12.3 Å². The average molecular weight is 416 g/mol. The van der Waals surface area contributed by atoms with Gasteiger partial charge in [0.25, 0.3) is 10.0 Å². The largest absolute Gasteiger partial charge is 0.485 e. The smallest absolute Gasteiger partial charge is 0.409 e. The molecule has 1 aliphatic rings. The number of hydrogen-bond donors (Lipinski definition) is 2. The topological polar surface area (TPSA) is 123 Å². The lowest BCUT2D eigenvalue weighted by molar-refractivity contribution is 0.159. The summed E-state index contributed by atoms with van der Waals surface area (Å²) in [5, 5.41) is 20.3. The number of nitriles is 1. The molecular formula is C19H20N4O5S. The van der Waals surface area contributed by atoms with Gasteiger partial charge in [-0.25, -0.2) is 13.2 Å². The number of ether oxygens (including phenoxy) is 1. The van der Waals surface area contributed by atoms with Crippen LogP contribution >= 0.6 is 0 Å². The molecule has 2 aromatic rings. The zero-order valence-corrected chi connectivity index (χ0v) is 16.7. The van der Waals surface area contributed by atoms with Gasteiger partial charge < -0.3 is 14.7 Å². The second-order valence-corrected chi connectivity index (χ2v) is 8.65. The van der Waals surface area contributed by atoms with Crippen molar-refractivity contribution >= 4 is 27.5 Å². The molecule has 29 heavy (non-hydrogen) atoms. The summed E-state index contributed by atoms with van der Waals surface area (Å²) in [5.74, 6) is 0.332. The van der Waals surface area contributed by atoms with Crippen LogP contribution in [0.15, 0.2) is 47.4 Å². The standard InChI is InChI=1S/C19H20N4O5S/c1-22(2)11-15-12-23(29(26,27)16-5-3-4-13(8-16)10-20)17-9-14(21-19(24)25)6-7-18(17)28-15/h3-9,15,21H,11-12H2,1-2H3,(H,24,25). The highest BCUT2D eigenvalue weighted by Gasteiger charge is 2.35. The van der Waals surface area contributed by atoms with E-state index in [4.69, 9.17) is 15.1 Å². The number of rotatable bonds is 5. The Labute approximate surface area is 168 Å². The van der Waals surface area contributed by atoms with E-state index in [2.05, 4.69) is 5.32 Å². The van der Waals surface area contributed by atoms with Crippen LogP contribution in [0.2, 0.25) is 0 Å². The van der Waals surface area contributed by atoms with E-state index >= 15 is 0 Å². The summed E-state index contributed by atoms with van der Waals surface area (Å²) in [4.78, 5) is 12.8. The molecule has 0 aliphatic carbocycles. The molecule has 0 saturated carbocycles. The summed E-state index contributed by atoms with van der Waals surface area (Å²) in [5.41, 5.74) is 0.677. The first-order valence-corrected chi connectivity index (χ1v) is 10.1. The van der Waals surface area contributed by atoms with Gasteiger partial charge in [0.05, 0.1) is 28.8 Å². The lowest BCUT2D eigenvalue weighted by atomic mass is 10.2. The maximum Gasteiger partial charge on any atom is 0.409 e. The summed E-state index contributed by atoms with van der Waals surface area (Å²) < 4.78 is 33.9. The third-order valence-electron chi connectivity index (χ3n) is 4.26. The number of hydrogen-bond acceptors (Lipinski definition) is 6. The highest BCUT2D eigenvalue weighted by Crippen LogP contribution is 2.39. The molecule has 1 amide bonds. The second-order valence-electron chi connectivity index (χ2n) is 6.79. The Morgan fingerprint density at radius 1 is 1.34 bits per heavy atom. The van der Waals surface area contributed by atoms with Gasteiger partial charge >= 0.3 is 6.09 Å². The summed E-state index contributed by atoms with van der Waals surface area (Å²) in [6.07, 6.45) is -1.69. The zero-order valence-electron chi connectivity index (χ0n) is 15.9. The molecule has 0 radical (unpaired) electrons. The highest BCUT2D eigenvalue weighted by atomic mass is 32.2. The van der Waals surface area contributed by atoms with Gasteiger partial charge in [0, 0.05) is 12.2 Å². The van der Waals surface area contributed by atoms with E-state index < -0.39 is 22.2 Å². The molecule has 0 saturated heterocycles. The molecule has 1 unspecified atom stereocenters. The predicted octanol–water partition coefficient (Wildman–Crippen LogP) is 2.17. The number of carbonyl (C=O) groups is 1. The monoisotopic (exact) mass is 416 g/mol. The van der Waals surface area contributed by atoms with Gasteiger partial charge in [-0.05, 0) is 50.5 Å². The van der Waals surface area contributed by atoms with Crippen LogP contribution in [-0.2, 0) is 10.0 Å². The molecule has 2 N–H and O–H groups in total. The van der Waals surface area contributed by atoms with Crippen LogP contribution in [0.1, 0.15) is 5.56 Å². The molecule has 0 fully saturated rings. The molecule has 0 spiro atoms. The van der Waals surface area contributed by atoms with E-state index in [1.54, 1.807) is 0 Å². The first-order chi connectivity index (χ1) is 13.7. The Kier molecular flexibility index (Phi) is 5.63. The summed E-state index contributed by atoms with van der Waals surface area (Å²) >= 11 is 0. The first kappa shape index (κ1) is 20.4. The van der Waals surface area contributed by atoms with Gasteiger partial charge in [-0.15, -0.1) is 0 Å². The van der Waals surface area contributed by atoms with Crippen LogP contribution in [0.25, 0.3) is 0 Å². The quantitative estimate of drug-likeness (QED) is 0.766. The van der Waals surface area contributed by atoms with Gasteiger partial charge in [0.15, 0.2) is 0 Å². The number of anilines is 2. The van der Waals surface area contributed by atoms with E-state index in [-0.39, 0.29) is 28.4 Å². The van der Waals surface area contributed by atoms with Crippen molar-refractivity contribution in [2.24, 2.45) is 0 Å². The van der Waals surface area contributed by atoms with E-state index in [1.165, 1.54) is 46.8 Å². The van der Waals surface area contributed by atoms with E-state index in [1.807, 2.05) is 25.1 Å². The van der Waals surface area contributed by atoms with Crippen molar-refractivity contribution in [3.8, 4) is 11.8 Å². The Morgan fingerprint density at radius 2 is 2.10 bits per heavy atom. The van der Waals surface area contributed by atoms with E-state index in [0.717, 1.165) is 0 Å². The lowest BCUT2D eigenvalue weighted by Crippen LogP contribution is -2.47. The maximum absolute atomic E-state index is 13.4. The number of likely N-dealkylation sites (N-methyl/N-ethyl adjacent to an activating group) is 1. The molecule has 1 atom stereocenters. The Morgan fingerprint density at radius 3 is 2.76 bits per heavy atom. The Bertz CT molecular complexity index is 1080. The molecular weight excluding hydrogens is 396 g/mol. The molecule has 1 heterocycles. The van der Waals surface area contributed by atoms with Gasteiger partial charge in [-0.1, -0.05) is 6.07 Å². The van der Waals surface area contributed by atoms with Gasteiger partial charge in [0.1, 0.15) is 11.9 Å². The van der Waals surface area contributed by atoms with Crippen molar-refractivity contribution in [1.82, 2.24) is 4.90 Å². The molecule has 9 nitrogen and oxygen atoms in total. The fraction of sp³-hybridized carbons (Fsp3) is 0.263. The zero-order chi connectivity index (χ0) is 21.2. The fourth-order valence-corrected chi connectivity index (χ4v) is 4.64. The van der Waals surface area contributed by atoms with Crippen molar-refractivity contribution < 1.29 is 23.1 Å². The van der Waals surface area contributed by atoms with Crippen LogP contribution in [0.4, 0.5) is 16.2 Å². The van der Waals surface area contributed by atoms with Crippen molar-refractivity contribution in [3.63, 3.8) is 0 Å². The summed E-state index contributed by atoms with van der Waals surface area (Å²) in [7, 11) is -0.303. The predicted molar refractivity (Wildman–Crippen MR) is 107 cm³/mol. The van der Waals surface area contributed by atoms with Gasteiger partial charge in [0.2, 0.25) is 0 Å². The summed E-state index contributed by atoms with van der Waals surface area (Å²) in [6.45, 7) is 0.527. The molecule has 2 aromatic carbocycles. The van der Waals surface area contributed by atoms with E-state index in [9.17, 15) is 13.2 Å². The number of benzene rings is 2. The van der Waals surface area contributed by atoms with Crippen LogP contribution in [-0.4, -0.2) is 57.8 Å². The van der Waals surface area contributed by atoms with Crippen LogP contribution in [0.5, 0.6) is 5.75 Å². The Balaban J connectivity index is 2.09. The second kappa shape index (κ2) is 7.98. The molecule has 3 rings (SSSR count). The maximum atomic E-state index is 13.4.